The number of nitrogens with one attached hydrogen (secondary N) is 1. The van der Waals surface area contributed by atoms with Gasteiger partial charge in [0.2, 0.25) is 5.91 Å². The first-order chi connectivity index (χ1) is 8.20. The number of hydrogen-bond acceptors (Lipinski definition) is 2. The van der Waals surface area contributed by atoms with Crippen molar-refractivity contribution < 1.29 is 9.18 Å². The summed E-state index contributed by atoms with van der Waals surface area (Å²) in [6, 6.07) is 4.81. The molecule has 3 nitrogen and oxygen atoms in total. The molecule has 0 radical (unpaired) electrons. The SMILES string of the molecule is NCCCC(=O)NC1CCc2cc(F)ccc21. The summed E-state index contributed by atoms with van der Waals surface area (Å²) in [7, 11) is 0. The molecule has 0 saturated heterocycles. The van der Waals surface area contributed by atoms with Crippen molar-refractivity contribution >= 4 is 5.91 Å². The highest BCUT2D eigenvalue weighted by molar-refractivity contribution is 5.76. The van der Waals surface area contributed by atoms with Crippen LogP contribution >= 0.6 is 0 Å². The molecule has 1 aliphatic rings. The number of fused-ring (bicyclic) bond motifs is 1. The zero-order valence-corrected chi connectivity index (χ0v) is 9.71. The van der Waals surface area contributed by atoms with Crippen LogP contribution in [0.25, 0.3) is 0 Å². The molecule has 2 rings (SSSR count). The lowest BCUT2D eigenvalue weighted by Crippen LogP contribution is -2.27. The van der Waals surface area contributed by atoms with Crippen molar-refractivity contribution in [3.63, 3.8) is 0 Å². The first-order valence-electron chi connectivity index (χ1n) is 5.98. The molecule has 1 amide bonds. The molecule has 0 bridgehead atoms. The summed E-state index contributed by atoms with van der Waals surface area (Å²) in [6.45, 7) is 0.528. The quantitative estimate of drug-likeness (QED) is 0.835. The van der Waals surface area contributed by atoms with Gasteiger partial charge >= 0.3 is 0 Å². The molecule has 1 unspecified atom stereocenters. The molecule has 0 fully saturated rings. The summed E-state index contributed by atoms with van der Waals surface area (Å²) in [6.07, 6.45) is 2.85. The van der Waals surface area contributed by atoms with E-state index in [9.17, 15) is 9.18 Å². The van der Waals surface area contributed by atoms with Crippen LogP contribution in [-0.4, -0.2) is 12.5 Å². The van der Waals surface area contributed by atoms with Gasteiger partial charge in [-0.05, 0) is 49.1 Å². The zero-order chi connectivity index (χ0) is 12.3. The lowest BCUT2D eigenvalue weighted by Gasteiger charge is -2.13. The Morgan fingerprint density at radius 3 is 3.12 bits per heavy atom. The van der Waals surface area contributed by atoms with E-state index in [1.54, 1.807) is 12.1 Å². The number of nitrogens with two attached hydrogens (primary N) is 1. The van der Waals surface area contributed by atoms with Gasteiger partial charge in [-0.15, -0.1) is 0 Å². The topological polar surface area (TPSA) is 55.1 Å². The van der Waals surface area contributed by atoms with Gasteiger partial charge in [-0.25, -0.2) is 4.39 Å². The van der Waals surface area contributed by atoms with E-state index in [2.05, 4.69) is 5.32 Å². The van der Waals surface area contributed by atoms with Crippen LogP contribution < -0.4 is 11.1 Å². The molecule has 1 atom stereocenters. The van der Waals surface area contributed by atoms with Gasteiger partial charge in [0.05, 0.1) is 6.04 Å². The van der Waals surface area contributed by atoms with E-state index in [1.165, 1.54) is 6.07 Å². The minimum absolute atomic E-state index is 0.0256. The molecular weight excluding hydrogens is 219 g/mol. The summed E-state index contributed by atoms with van der Waals surface area (Å²) < 4.78 is 13.0. The maximum Gasteiger partial charge on any atom is 0.220 e. The van der Waals surface area contributed by atoms with Crippen molar-refractivity contribution in [2.24, 2.45) is 5.73 Å². The van der Waals surface area contributed by atoms with Crippen LogP contribution in [0, 0.1) is 5.82 Å². The number of rotatable bonds is 4. The monoisotopic (exact) mass is 236 g/mol. The highest BCUT2D eigenvalue weighted by Crippen LogP contribution is 2.31. The summed E-state index contributed by atoms with van der Waals surface area (Å²) >= 11 is 0. The Kier molecular flexibility index (Phi) is 3.74. The summed E-state index contributed by atoms with van der Waals surface area (Å²) in [5.41, 5.74) is 7.41. The van der Waals surface area contributed by atoms with E-state index in [1.807, 2.05) is 0 Å². The number of aryl methyl sites for hydroxylation is 1. The van der Waals surface area contributed by atoms with E-state index in [4.69, 9.17) is 5.73 Å². The molecule has 1 aromatic carbocycles. The Hall–Kier alpha value is -1.42. The van der Waals surface area contributed by atoms with Crippen molar-refractivity contribution in [1.29, 1.82) is 0 Å². The molecule has 92 valence electrons. The molecule has 3 N–H and O–H groups in total. The second kappa shape index (κ2) is 5.27. The Bertz CT molecular complexity index is 420. The van der Waals surface area contributed by atoms with Crippen molar-refractivity contribution in [3.05, 3.63) is 35.1 Å². The Balaban J connectivity index is 2.00. The number of carbonyl (C=O) groups is 1. The maximum absolute atomic E-state index is 13.0. The summed E-state index contributed by atoms with van der Waals surface area (Å²) in [5.74, 6) is -0.184. The predicted molar refractivity (Wildman–Crippen MR) is 63.9 cm³/mol. The van der Waals surface area contributed by atoms with Gasteiger partial charge in [0.25, 0.3) is 0 Å². The van der Waals surface area contributed by atoms with E-state index in [0.29, 0.717) is 19.4 Å². The number of hydrogen-bond donors (Lipinski definition) is 2. The van der Waals surface area contributed by atoms with E-state index >= 15 is 0 Å². The second-order valence-electron chi connectivity index (χ2n) is 4.39. The van der Waals surface area contributed by atoms with Crippen LogP contribution in [0.5, 0.6) is 0 Å². The third-order valence-corrected chi connectivity index (χ3v) is 3.13. The van der Waals surface area contributed by atoms with Crippen LogP contribution in [0.1, 0.15) is 36.4 Å². The molecule has 0 aromatic heterocycles. The highest BCUT2D eigenvalue weighted by atomic mass is 19.1. The molecule has 1 aromatic rings. The van der Waals surface area contributed by atoms with Gasteiger partial charge in [-0.2, -0.15) is 0 Å². The molecular formula is C13H17FN2O. The van der Waals surface area contributed by atoms with Gasteiger partial charge in [0.1, 0.15) is 5.82 Å². The first-order valence-corrected chi connectivity index (χ1v) is 5.98. The molecule has 4 heteroatoms. The van der Waals surface area contributed by atoms with E-state index in [-0.39, 0.29) is 17.8 Å². The zero-order valence-electron chi connectivity index (χ0n) is 9.71. The molecule has 0 aliphatic heterocycles. The van der Waals surface area contributed by atoms with Crippen LogP contribution in [0.15, 0.2) is 18.2 Å². The van der Waals surface area contributed by atoms with Crippen molar-refractivity contribution in [1.82, 2.24) is 5.32 Å². The predicted octanol–water partition coefficient (Wildman–Crippen LogP) is 1.67. The van der Waals surface area contributed by atoms with Crippen LogP contribution in [-0.2, 0) is 11.2 Å². The third-order valence-electron chi connectivity index (χ3n) is 3.13. The van der Waals surface area contributed by atoms with Crippen LogP contribution in [0.4, 0.5) is 4.39 Å². The standard InChI is InChI=1S/C13H17FN2O/c14-10-4-5-11-9(8-10)3-6-12(11)16-13(17)2-1-7-15/h4-5,8,12H,1-3,6-7,15H2,(H,16,17). The molecule has 0 heterocycles. The summed E-state index contributed by atoms with van der Waals surface area (Å²) in [4.78, 5) is 11.6. The number of carbonyl (C=O) groups excluding carboxylic acids is 1. The van der Waals surface area contributed by atoms with Crippen LogP contribution in [0.2, 0.25) is 0 Å². The average Bonchev–Trinajstić information content (AvgIpc) is 2.69. The molecule has 17 heavy (non-hydrogen) atoms. The minimum Gasteiger partial charge on any atom is -0.349 e. The van der Waals surface area contributed by atoms with Gasteiger partial charge in [0, 0.05) is 6.42 Å². The van der Waals surface area contributed by atoms with Crippen molar-refractivity contribution in [2.45, 2.75) is 31.7 Å². The maximum atomic E-state index is 13.0. The lowest BCUT2D eigenvalue weighted by molar-refractivity contribution is -0.121. The summed E-state index contributed by atoms with van der Waals surface area (Å²) in [5, 5.41) is 2.97. The Morgan fingerprint density at radius 2 is 2.35 bits per heavy atom. The average molecular weight is 236 g/mol. The fourth-order valence-electron chi connectivity index (χ4n) is 2.27. The number of halogens is 1. The number of benzene rings is 1. The molecule has 1 aliphatic carbocycles. The number of amides is 1. The molecule has 0 spiro atoms. The van der Waals surface area contributed by atoms with Crippen LogP contribution in [0.3, 0.4) is 0 Å². The van der Waals surface area contributed by atoms with Crippen molar-refractivity contribution in [3.8, 4) is 0 Å². The minimum atomic E-state index is -0.209. The fourth-order valence-corrected chi connectivity index (χ4v) is 2.27. The van der Waals surface area contributed by atoms with E-state index < -0.39 is 0 Å². The molecule has 0 saturated carbocycles. The van der Waals surface area contributed by atoms with Gasteiger partial charge in [0.15, 0.2) is 0 Å². The normalized spacial score (nSPS) is 17.9. The van der Waals surface area contributed by atoms with Gasteiger partial charge in [-0.1, -0.05) is 6.07 Å². The Labute approximate surface area is 100 Å². The van der Waals surface area contributed by atoms with Gasteiger partial charge in [-0.3, -0.25) is 4.79 Å². The first kappa shape index (κ1) is 12.0. The fraction of sp³-hybridized carbons (Fsp3) is 0.462. The smallest absolute Gasteiger partial charge is 0.220 e. The van der Waals surface area contributed by atoms with Gasteiger partial charge < -0.3 is 11.1 Å². The van der Waals surface area contributed by atoms with E-state index in [0.717, 1.165) is 24.0 Å². The highest BCUT2D eigenvalue weighted by Gasteiger charge is 2.23. The lowest BCUT2D eigenvalue weighted by atomic mass is 10.1. The van der Waals surface area contributed by atoms with Crippen molar-refractivity contribution in [2.75, 3.05) is 6.54 Å². The second-order valence-corrected chi connectivity index (χ2v) is 4.39. The largest absolute Gasteiger partial charge is 0.349 e. The Morgan fingerprint density at radius 1 is 1.53 bits per heavy atom. The third kappa shape index (κ3) is 2.82.